The van der Waals surface area contributed by atoms with Crippen LogP contribution in [-0.2, 0) is 10.0 Å². The molecule has 0 radical (unpaired) electrons. The van der Waals surface area contributed by atoms with E-state index in [1.54, 1.807) is 0 Å². The van der Waals surface area contributed by atoms with Gasteiger partial charge in [0, 0.05) is 12.1 Å². The normalized spacial score (nSPS) is 17.7. The maximum absolute atomic E-state index is 12.1. The molecule has 6 nitrogen and oxygen atoms in total. The predicted octanol–water partition coefficient (Wildman–Crippen LogP) is 2.14. The second kappa shape index (κ2) is 6.28. The van der Waals surface area contributed by atoms with Crippen molar-refractivity contribution in [3.8, 4) is 0 Å². The minimum atomic E-state index is -3.91. The lowest BCUT2D eigenvalue weighted by Crippen LogP contribution is -2.34. The van der Waals surface area contributed by atoms with Crippen LogP contribution >= 0.6 is 15.9 Å². The van der Waals surface area contributed by atoms with E-state index in [-0.39, 0.29) is 21.4 Å². The molecule has 8 heteroatoms. The van der Waals surface area contributed by atoms with Crippen LogP contribution in [0, 0.1) is 0 Å². The zero-order valence-corrected chi connectivity index (χ0v) is 13.3. The van der Waals surface area contributed by atoms with Crippen molar-refractivity contribution in [1.29, 1.82) is 0 Å². The molecule has 112 valence electrons. The van der Waals surface area contributed by atoms with E-state index < -0.39 is 15.9 Å². The molecule has 3 N–H and O–H groups in total. The molecular formula is C12H17BrN2O4S. The molecule has 20 heavy (non-hydrogen) atoms. The number of sulfonamides is 1. The van der Waals surface area contributed by atoms with Crippen LogP contribution in [0.3, 0.4) is 0 Å². The van der Waals surface area contributed by atoms with E-state index in [9.17, 15) is 13.2 Å². The van der Waals surface area contributed by atoms with E-state index in [1.807, 2.05) is 0 Å². The zero-order chi connectivity index (χ0) is 14.8. The summed E-state index contributed by atoms with van der Waals surface area (Å²) in [6.07, 6.45) is 6.44. The smallest absolute Gasteiger partial charge is 0.287 e. The Balaban J connectivity index is 2.09. The Bertz CT molecular complexity index is 589. The van der Waals surface area contributed by atoms with Crippen LogP contribution in [0.5, 0.6) is 0 Å². The Morgan fingerprint density at radius 3 is 2.40 bits per heavy atom. The second-order valence-corrected chi connectivity index (χ2v) is 7.21. The Hall–Kier alpha value is -0.860. The molecule has 1 aliphatic carbocycles. The number of nitrogens with two attached hydrogens (primary N) is 1. The number of carbonyl (C=O) groups is 1. The maximum atomic E-state index is 12.1. The largest absolute Gasteiger partial charge is 0.443 e. The fourth-order valence-electron chi connectivity index (χ4n) is 2.34. The first kappa shape index (κ1) is 15.5. The van der Waals surface area contributed by atoms with E-state index in [0.717, 1.165) is 31.7 Å². The van der Waals surface area contributed by atoms with Gasteiger partial charge in [0.05, 0.1) is 0 Å². The van der Waals surface area contributed by atoms with Gasteiger partial charge in [-0.25, -0.2) is 13.6 Å². The number of hydrogen-bond donors (Lipinski definition) is 2. The quantitative estimate of drug-likeness (QED) is 0.801. The summed E-state index contributed by atoms with van der Waals surface area (Å²) in [5.41, 5.74) is 0. The number of amides is 1. The van der Waals surface area contributed by atoms with Gasteiger partial charge in [0.2, 0.25) is 10.0 Å². The molecule has 1 aromatic heterocycles. The van der Waals surface area contributed by atoms with E-state index in [1.165, 1.54) is 12.8 Å². The van der Waals surface area contributed by atoms with Gasteiger partial charge in [0.15, 0.2) is 10.4 Å². The number of halogens is 1. The molecular weight excluding hydrogens is 348 g/mol. The van der Waals surface area contributed by atoms with Gasteiger partial charge in [-0.1, -0.05) is 25.7 Å². The zero-order valence-electron chi connectivity index (χ0n) is 10.9. The van der Waals surface area contributed by atoms with Crippen LogP contribution in [0.2, 0.25) is 0 Å². The number of primary sulfonamides is 1. The minimum Gasteiger partial charge on any atom is -0.443 e. The van der Waals surface area contributed by atoms with Crippen molar-refractivity contribution in [3.05, 3.63) is 16.5 Å². The van der Waals surface area contributed by atoms with Crippen LogP contribution in [0.1, 0.15) is 49.1 Å². The first-order valence-electron chi connectivity index (χ1n) is 6.51. The van der Waals surface area contributed by atoms with E-state index in [2.05, 4.69) is 21.2 Å². The molecule has 1 saturated carbocycles. The number of hydrogen-bond acceptors (Lipinski definition) is 4. The van der Waals surface area contributed by atoms with Crippen molar-refractivity contribution in [2.45, 2.75) is 49.5 Å². The van der Waals surface area contributed by atoms with Crippen molar-refractivity contribution in [2.75, 3.05) is 0 Å². The highest BCUT2D eigenvalue weighted by Gasteiger charge is 2.23. The predicted molar refractivity (Wildman–Crippen MR) is 76.7 cm³/mol. The number of nitrogens with one attached hydrogen (secondary N) is 1. The summed E-state index contributed by atoms with van der Waals surface area (Å²) < 4.78 is 27.6. The first-order valence-corrected chi connectivity index (χ1v) is 8.85. The minimum absolute atomic E-state index is 0.0500. The highest BCUT2D eigenvalue weighted by Crippen LogP contribution is 2.25. The summed E-state index contributed by atoms with van der Waals surface area (Å²) in [5.74, 6) is -0.461. The average Bonchev–Trinajstić information content (AvgIpc) is 2.58. The van der Waals surface area contributed by atoms with E-state index >= 15 is 0 Å². The SMILES string of the molecule is NS(=O)(=O)c1cc(C(=O)NC2CCCCCC2)oc1Br. The van der Waals surface area contributed by atoms with Gasteiger partial charge < -0.3 is 9.73 Å². The fourth-order valence-corrected chi connectivity index (χ4v) is 3.84. The lowest BCUT2D eigenvalue weighted by Gasteiger charge is -2.14. The van der Waals surface area contributed by atoms with Crippen LogP contribution in [0.15, 0.2) is 20.0 Å². The Kier molecular flexibility index (Phi) is 4.87. The van der Waals surface area contributed by atoms with Gasteiger partial charge in [-0.3, -0.25) is 4.79 Å². The topological polar surface area (TPSA) is 102 Å². The molecule has 1 aliphatic rings. The van der Waals surface area contributed by atoms with Gasteiger partial charge in [0.1, 0.15) is 4.90 Å². The summed E-state index contributed by atoms with van der Waals surface area (Å²) >= 11 is 2.95. The third kappa shape index (κ3) is 3.83. The molecule has 0 aliphatic heterocycles. The van der Waals surface area contributed by atoms with E-state index in [4.69, 9.17) is 9.56 Å². The Morgan fingerprint density at radius 2 is 1.90 bits per heavy atom. The molecule has 0 aromatic carbocycles. The highest BCUT2D eigenvalue weighted by molar-refractivity contribution is 9.10. The van der Waals surface area contributed by atoms with Gasteiger partial charge in [-0.05, 0) is 28.8 Å². The van der Waals surface area contributed by atoms with Crippen molar-refractivity contribution in [2.24, 2.45) is 5.14 Å². The van der Waals surface area contributed by atoms with Crippen molar-refractivity contribution in [1.82, 2.24) is 5.32 Å². The summed E-state index contributed by atoms with van der Waals surface area (Å²) in [6, 6.07) is 1.26. The third-order valence-corrected chi connectivity index (χ3v) is 5.14. The maximum Gasteiger partial charge on any atom is 0.287 e. The Labute approximate surface area is 126 Å². The molecule has 0 unspecified atom stereocenters. The van der Waals surface area contributed by atoms with Crippen molar-refractivity contribution < 1.29 is 17.6 Å². The third-order valence-electron chi connectivity index (χ3n) is 3.38. The van der Waals surface area contributed by atoms with Crippen LogP contribution in [-0.4, -0.2) is 20.4 Å². The molecule has 1 heterocycles. The summed E-state index contributed by atoms with van der Waals surface area (Å²) in [6.45, 7) is 0. The number of furan rings is 1. The average molecular weight is 365 g/mol. The van der Waals surface area contributed by atoms with Crippen molar-refractivity contribution >= 4 is 31.9 Å². The van der Waals surface area contributed by atoms with E-state index in [0.29, 0.717) is 0 Å². The lowest BCUT2D eigenvalue weighted by atomic mass is 10.1. The first-order chi connectivity index (χ1) is 9.38. The molecule has 1 fully saturated rings. The molecule has 0 saturated heterocycles. The molecule has 1 aromatic rings. The summed E-state index contributed by atoms with van der Waals surface area (Å²) in [4.78, 5) is 11.8. The lowest BCUT2D eigenvalue weighted by molar-refractivity contribution is 0.0904. The summed E-state index contributed by atoms with van der Waals surface area (Å²) in [5, 5.41) is 7.90. The number of carbonyl (C=O) groups excluding carboxylic acids is 1. The van der Waals surface area contributed by atoms with Gasteiger partial charge >= 0.3 is 0 Å². The van der Waals surface area contributed by atoms with Crippen LogP contribution in [0.25, 0.3) is 0 Å². The standard InChI is InChI=1S/C12H17BrN2O4S/c13-11-10(20(14,17)18)7-9(19-11)12(16)15-8-5-3-1-2-4-6-8/h7-8H,1-6H2,(H,15,16)(H2,14,17,18). The van der Waals surface area contributed by atoms with Crippen molar-refractivity contribution in [3.63, 3.8) is 0 Å². The molecule has 0 bridgehead atoms. The Morgan fingerprint density at radius 1 is 1.30 bits per heavy atom. The molecule has 2 rings (SSSR count). The second-order valence-electron chi connectivity index (χ2n) is 4.96. The highest BCUT2D eigenvalue weighted by atomic mass is 79.9. The molecule has 1 amide bonds. The fraction of sp³-hybridized carbons (Fsp3) is 0.583. The van der Waals surface area contributed by atoms with Gasteiger partial charge in [-0.15, -0.1) is 0 Å². The van der Waals surface area contributed by atoms with Crippen LogP contribution in [0.4, 0.5) is 0 Å². The van der Waals surface area contributed by atoms with Gasteiger partial charge in [-0.2, -0.15) is 0 Å². The van der Waals surface area contributed by atoms with Gasteiger partial charge in [0.25, 0.3) is 5.91 Å². The molecule has 0 atom stereocenters. The molecule has 0 spiro atoms. The van der Waals surface area contributed by atoms with Crippen LogP contribution < -0.4 is 10.5 Å². The summed E-state index contributed by atoms with van der Waals surface area (Å²) in [7, 11) is -3.91. The number of rotatable bonds is 3. The monoisotopic (exact) mass is 364 g/mol.